The maximum Gasteiger partial charge on any atom is 0.639 e. The van der Waals surface area contributed by atoms with E-state index in [1.54, 1.807) is 0 Å². The maximum atomic E-state index is 5.45. The molecule has 0 aromatic carbocycles. The third kappa shape index (κ3) is 5.46. The average Bonchev–Trinajstić information content (AvgIpc) is 2.31. The largest absolute Gasteiger partial charge is 0.639 e. The van der Waals surface area contributed by atoms with Crippen molar-refractivity contribution < 1.29 is 14.0 Å². The van der Waals surface area contributed by atoms with Gasteiger partial charge in [0.05, 0.1) is 0 Å². The molecule has 0 atom stereocenters. The summed E-state index contributed by atoms with van der Waals surface area (Å²) < 4.78 is 16.0. The average molecular weight is 225 g/mol. The van der Waals surface area contributed by atoms with Crippen molar-refractivity contribution in [2.45, 2.75) is 6.42 Å². The second-order valence-electron chi connectivity index (χ2n) is 3.59. The molecular formula is C11H20BNO3. The summed E-state index contributed by atoms with van der Waals surface area (Å²) in [6.07, 6.45) is 4.69. The minimum Gasteiger partial charge on any atom is -0.386 e. The quantitative estimate of drug-likeness (QED) is 0.457. The van der Waals surface area contributed by atoms with Crippen LogP contribution in [-0.2, 0) is 14.0 Å². The van der Waals surface area contributed by atoms with E-state index in [1.165, 1.54) is 0 Å². The van der Waals surface area contributed by atoms with Crippen molar-refractivity contribution in [1.82, 2.24) is 4.90 Å². The minimum absolute atomic E-state index is 0.483. The first-order valence-corrected chi connectivity index (χ1v) is 5.65. The van der Waals surface area contributed by atoms with Gasteiger partial charge in [-0.05, 0) is 6.42 Å². The molecule has 0 aliphatic carbocycles. The maximum absolute atomic E-state index is 5.45. The second kappa shape index (κ2) is 8.53. The Morgan fingerprint density at radius 1 is 1.19 bits per heavy atom. The Morgan fingerprint density at radius 3 is 2.38 bits per heavy atom. The smallest absolute Gasteiger partial charge is 0.386 e. The van der Waals surface area contributed by atoms with Crippen LogP contribution in [0.1, 0.15) is 6.42 Å². The van der Waals surface area contributed by atoms with E-state index in [0.29, 0.717) is 19.8 Å². The molecule has 0 spiro atoms. The first kappa shape index (κ1) is 13.4. The summed E-state index contributed by atoms with van der Waals surface area (Å²) in [6, 6.07) is 0. The van der Waals surface area contributed by atoms with Crippen LogP contribution in [0.15, 0.2) is 25.3 Å². The topological polar surface area (TPSA) is 30.9 Å². The summed E-state index contributed by atoms with van der Waals surface area (Å²) in [5, 5.41) is 0. The van der Waals surface area contributed by atoms with Gasteiger partial charge in [0, 0.05) is 39.5 Å². The van der Waals surface area contributed by atoms with Crippen molar-refractivity contribution in [1.29, 1.82) is 0 Å². The molecule has 90 valence electrons. The number of hydrogen-bond acceptors (Lipinski definition) is 4. The van der Waals surface area contributed by atoms with Crippen LogP contribution in [0.25, 0.3) is 0 Å². The first-order valence-electron chi connectivity index (χ1n) is 5.65. The van der Waals surface area contributed by atoms with Crippen molar-refractivity contribution in [2.75, 3.05) is 39.5 Å². The molecule has 0 aromatic rings. The van der Waals surface area contributed by atoms with Crippen molar-refractivity contribution >= 4 is 7.32 Å². The fourth-order valence-electron chi connectivity index (χ4n) is 1.46. The lowest BCUT2D eigenvalue weighted by Crippen LogP contribution is -2.36. The van der Waals surface area contributed by atoms with E-state index < -0.39 is 7.32 Å². The van der Waals surface area contributed by atoms with Gasteiger partial charge in [0.15, 0.2) is 0 Å². The van der Waals surface area contributed by atoms with E-state index in [0.717, 1.165) is 26.1 Å². The lowest BCUT2D eigenvalue weighted by Gasteiger charge is -2.22. The van der Waals surface area contributed by atoms with Crippen molar-refractivity contribution in [3.05, 3.63) is 25.3 Å². The summed E-state index contributed by atoms with van der Waals surface area (Å²) >= 11 is 0. The van der Waals surface area contributed by atoms with Gasteiger partial charge in [0.1, 0.15) is 0 Å². The van der Waals surface area contributed by atoms with E-state index in [1.807, 2.05) is 12.2 Å². The Bertz CT molecular complexity index is 197. The summed E-state index contributed by atoms with van der Waals surface area (Å²) in [7, 11) is -0.483. The minimum atomic E-state index is -0.483. The van der Waals surface area contributed by atoms with Gasteiger partial charge in [0.2, 0.25) is 0 Å². The highest BCUT2D eigenvalue weighted by Crippen LogP contribution is 2.02. The fourth-order valence-corrected chi connectivity index (χ4v) is 1.46. The fraction of sp³-hybridized carbons (Fsp3) is 0.636. The molecule has 0 saturated carbocycles. The van der Waals surface area contributed by atoms with Crippen LogP contribution in [0.2, 0.25) is 0 Å². The van der Waals surface area contributed by atoms with Crippen LogP contribution in [-0.4, -0.2) is 51.7 Å². The number of nitrogens with zero attached hydrogens (tertiary/aromatic N) is 1. The molecule has 1 fully saturated rings. The van der Waals surface area contributed by atoms with Crippen LogP contribution in [0, 0.1) is 0 Å². The van der Waals surface area contributed by atoms with Gasteiger partial charge in [-0.25, -0.2) is 0 Å². The predicted molar refractivity (Wildman–Crippen MR) is 65.1 cm³/mol. The highest BCUT2D eigenvalue weighted by molar-refractivity contribution is 6.36. The predicted octanol–water partition coefficient (Wildman–Crippen LogP) is 1.10. The number of rotatable bonds is 8. The first-order chi connectivity index (χ1) is 7.86. The molecule has 0 radical (unpaired) electrons. The molecule has 0 bridgehead atoms. The molecule has 1 aliphatic rings. The summed E-state index contributed by atoms with van der Waals surface area (Å²) in [4.78, 5) is 2.18. The third-order valence-electron chi connectivity index (χ3n) is 2.23. The van der Waals surface area contributed by atoms with Gasteiger partial charge in [-0.3, -0.25) is 4.90 Å². The molecule has 1 heterocycles. The molecule has 1 rings (SSSR count). The third-order valence-corrected chi connectivity index (χ3v) is 2.23. The zero-order valence-electron chi connectivity index (χ0n) is 9.77. The lowest BCUT2D eigenvalue weighted by molar-refractivity contribution is 0.0485. The lowest BCUT2D eigenvalue weighted by atomic mass is 10.2. The van der Waals surface area contributed by atoms with Crippen LogP contribution in [0.3, 0.4) is 0 Å². The molecule has 1 aliphatic heterocycles. The van der Waals surface area contributed by atoms with Gasteiger partial charge in [-0.1, -0.05) is 12.2 Å². The summed E-state index contributed by atoms with van der Waals surface area (Å²) in [5.41, 5.74) is 0. The van der Waals surface area contributed by atoms with Crippen LogP contribution in [0.4, 0.5) is 0 Å². The van der Waals surface area contributed by atoms with E-state index in [9.17, 15) is 0 Å². The molecule has 0 aromatic heterocycles. The summed E-state index contributed by atoms with van der Waals surface area (Å²) in [6.45, 7) is 11.9. The van der Waals surface area contributed by atoms with Crippen LogP contribution < -0.4 is 0 Å². The Morgan fingerprint density at radius 2 is 1.81 bits per heavy atom. The SMILES string of the molecule is C=CCN(CC=C)CCOB1OCCCO1. The van der Waals surface area contributed by atoms with Crippen molar-refractivity contribution in [3.63, 3.8) is 0 Å². The van der Waals surface area contributed by atoms with Gasteiger partial charge >= 0.3 is 7.32 Å². The highest BCUT2D eigenvalue weighted by Gasteiger charge is 2.24. The number of hydrogen-bond donors (Lipinski definition) is 0. The van der Waals surface area contributed by atoms with Gasteiger partial charge in [0.25, 0.3) is 0 Å². The molecular weight excluding hydrogens is 205 g/mol. The van der Waals surface area contributed by atoms with E-state index in [2.05, 4.69) is 18.1 Å². The standard InChI is InChI=1S/C11H20BNO3/c1-3-6-13(7-4-2)8-11-16-12-14-9-5-10-15-12/h3-4H,1-2,5-11H2. The van der Waals surface area contributed by atoms with E-state index >= 15 is 0 Å². The second-order valence-corrected chi connectivity index (χ2v) is 3.59. The van der Waals surface area contributed by atoms with Gasteiger partial charge in [-0.15, -0.1) is 13.2 Å². The Labute approximate surface area is 98.0 Å². The normalized spacial score (nSPS) is 16.4. The molecule has 0 amide bonds. The molecule has 4 nitrogen and oxygen atoms in total. The highest BCUT2D eigenvalue weighted by atomic mass is 16.7. The zero-order valence-corrected chi connectivity index (χ0v) is 9.77. The van der Waals surface area contributed by atoms with Crippen LogP contribution in [0.5, 0.6) is 0 Å². The monoisotopic (exact) mass is 225 g/mol. The molecule has 5 heteroatoms. The van der Waals surface area contributed by atoms with Crippen molar-refractivity contribution in [3.8, 4) is 0 Å². The van der Waals surface area contributed by atoms with E-state index in [4.69, 9.17) is 14.0 Å². The molecule has 1 saturated heterocycles. The molecule has 0 unspecified atom stereocenters. The molecule has 0 N–H and O–H groups in total. The summed E-state index contributed by atoms with van der Waals surface area (Å²) in [5.74, 6) is 0. The van der Waals surface area contributed by atoms with E-state index in [-0.39, 0.29) is 0 Å². The van der Waals surface area contributed by atoms with Gasteiger partial charge in [-0.2, -0.15) is 0 Å². The Hall–Kier alpha value is -0.615. The van der Waals surface area contributed by atoms with Gasteiger partial charge < -0.3 is 14.0 Å². The molecule has 16 heavy (non-hydrogen) atoms. The Balaban J connectivity index is 2.10. The van der Waals surface area contributed by atoms with Crippen LogP contribution >= 0.6 is 0 Å². The zero-order chi connectivity index (χ0) is 11.6. The van der Waals surface area contributed by atoms with Crippen molar-refractivity contribution in [2.24, 2.45) is 0 Å². The Kier molecular flexibility index (Phi) is 7.17.